The van der Waals surface area contributed by atoms with E-state index >= 15 is 0 Å². The molecule has 13 heteroatoms. The monoisotopic (exact) mass is 523 g/mol. The van der Waals surface area contributed by atoms with Crippen molar-refractivity contribution in [3.63, 3.8) is 0 Å². The Labute approximate surface area is 207 Å². The van der Waals surface area contributed by atoms with Crippen LogP contribution in [0.25, 0.3) is 5.69 Å². The van der Waals surface area contributed by atoms with Gasteiger partial charge >= 0.3 is 12.1 Å². The number of nitrogens with zero attached hydrogens (tertiary/aromatic N) is 3. The number of H-pyrrole nitrogens is 1. The third-order valence-corrected chi connectivity index (χ3v) is 5.86. The number of hydrogen-bond acceptors (Lipinski definition) is 6. The molecule has 0 radical (unpaired) electrons. The van der Waals surface area contributed by atoms with Gasteiger partial charge in [-0.25, -0.2) is 0 Å². The summed E-state index contributed by atoms with van der Waals surface area (Å²) >= 11 is 5.80. The van der Waals surface area contributed by atoms with Crippen molar-refractivity contribution < 1.29 is 22.7 Å². The number of rotatable bonds is 7. The fourth-order valence-corrected chi connectivity index (χ4v) is 3.90. The first-order valence-electron chi connectivity index (χ1n) is 10.9. The van der Waals surface area contributed by atoms with Crippen LogP contribution >= 0.6 is 11.6 Å². The van der Waals surface area contributed by atoms with Crippen LogP contribution in [0.15, 0.2) is 58.4 Å². The van der Waals surface area contributed by atoms with Gasteiger partial charge in [0, 0.05) is 38.1 Å². The topological polar surface area (TPSA) is 109 Å². The largest absolute Gasteiger partial charge is 0.487 e. The zero-order valence-corrected chi connectivity index (χ0v) is 19.5. The Bertz CT molecular complexity index is 1360. The molecule has 1 aliphatic rings. The van der Waals surface area contributed by atoms with Crippen LogP contribution in [-0.4, -0.2) is 46.3 Å². The zero-order valence-electron chi connectivity index (χ0n) is 18.7. The highest BCUT2D eigenvalue weighted by Gasteiger charge is 2.39. The lowest BCUT2D eigenvalue weighted by Gasteiger charge is -2.19. The number of aromatic nitrogens is 3. The molecule has 4 rings (SSSR count). The quantitative estimate of drug-likeness (QED) is 0.493. The van der Waals surface area contributed by atoms with Crippen molar-refractivity contribution in [3.05, 3.63) is 80.2 Å². The van der Waals surface area contributed by atoms with Gasteiger partial charge in [-0.15, -0.1) is 0 Å². The number of pyridine rings is 3. The molecule has 1 aliphatic heterocycles. The highest BCUT2D eigenvalue weighted by molar-refractivity contribution is 6.30. The van der Waals surface area contributed by atoms with Crippen molar-refractivity contribution in [2.45, 2.75) is 19.2 Å². The molecular weight excluding hydrogens is 503 g/mol. The van der Waals surface area contributed by atoms with E-state index in [1.165, 1.54) is 29.1 Å². The van der Waals surface area contributed by atoms with E-state index in [0.717, 1.165) is 0 Å². The van der Waals surface area contributed by atoms with Crippen LogP contribution in [0.1, 0.15) is 12.1 Å². The molecule has 190 valence electrons. The number of halogens is 4. The number of hydrogen-bond donors (Lipinski definition) is 2. The Morgan fingerprint density at radius 3 is 2.69 bits per heavy atom. The van der Waals surface area contributed by atoms with Gasteiger partial charge in [0.1, 0.15) is 23.9 Å². The molecule has 1 fully saturated rings. The molecule has 0 aliphatic carbocycles. The Balaban J connectivity index is 1.39. The summed E-state index contributed by atoms with van der Waals surface area (Å²) in [5, 5.41) is 2.39. The van der Waals surface area contributed by atoms with E-state index in [1.807, 2.05) is 5.32 Å². The van der Waals surface area contributed by atoms with E-state index in [1.54, 1.807) is 29.2 Å². The third-order valence-electron chi connectivity index (χ3n) is 5.63. The van der Waals surface area contributed by atoms with Crippen LogP contribution < -0.4 is 26.1 Å². The summed E-state index contributed by atoms with van der Waals surface area (Å²) in [6, 6.07) is 9.29. The first-order chi connectivity index (χ1) is 17.1. The van der Waals surface area contributed by atoms with Gasteiger partial charge in [-0.2, -0.15) is 13.2 Å². The molecule has 9 nitrogen and oxygen atoms in total. The molecule has 0 spiro atoms. The van der Waals surface area contributed by atoms with Gasteiger partial charge in [-0.3, -0.25) is 23.9 Å². The van der Waals surface area contributed by atoms with E-state index in [9.17, 15) is 27.6 Å². The number of ether oxygens (including phenoxy) is 1. The fourth-order valence-electron chi connectivity index (χ4n) is 3.78. The number of alkyl halides is 3. The highest BCUT2D eigenvalue weighted by Crippen LogP contribution is 2.22. The number of carbonyl (C=O) groups is 1. The van der Waals surface area contributed by atoms with Gasteiger partial charge in [-0.05, 0) is 42.7 Å². The predicted octanol–water partition coefficient (Wildman–Crippen LogP) is 2.66. The van der Waals surface area contributed by atoms with Gasteiger partial charge in [0.25, 0.3) is 11.1 Å². The molecule has 0 unspecified atom stereocenters. The maximum absolute atomic E-state index is 12.7. The minimum Gasteiger partial charge on any atom is -0.487 e. The SMILES string of the molecule is O=C(NC[C@H]1CCN(c2ccc(-n3ccc(OCc4ccc(Cl)cn4)cc3=O)c(=O)[nH]2)C1)C(F)(F)F. The molecular formula is C23H21ClF3N5O4. The van der Waals surface area contributed by atoms with Gasteiger partial charge in [0.15, 0.2) is 0 Å². The van der Waals surface area contributed by atoms with Crippen LogP contribution in [0.4, 0.5) is 19.0 Å². The number of aromatic amines is 1. The summed E-state index contributed by atoms with van der Waals surface area (Å²) in [7, 11) is 0. The van der Waals surface area contributed by atoms with E-state index in [0.29, 0.717) is 41.8 Å². The molecule has 36 heavy (non-hydrogen) atoms. The normalized spacial score (nSPS) is 15.7. The fraction of sp³-hybridized carbons (Fsp3) is 0.304. The Morgan fingerprint density at radius 1 is 1.22 bits per heavy atom. The molecule has 1 amide bonds. The van der Waals surface area contributed by atoms with Crippen molar-refractivity contribution >= 4 is 23.3 Å². The molecule has 1 saturated heterocycles. The lowest BCUT2D eigenvalue weighted by atomic mass is 10.1. The average molecular weight is 524 g/mol. The summed E-state index contributed by atoms with van der Waals surface area (Å²) in [5.74, 6) is -1.39. The van der Waals surface area contributed by atoms with Crippen LogP contribution in [0.5, 0.6) is 5.75 Å². The second-order valence-electron chi connectivity index (χ2n) is 8.19. The Kier molecular flexibility index (Phi) is 7.34. The number of carbonyl (C=O) groups excluding carboxylic acids is 1. The molecule has 3 aromatic heterocycles. The molecule has 0 saturated carbocycles. The Morgan fingerprint density at radius 2 is 2.03 bits per heavy atom. The van der Waals surface area contributed by atoms with Crippen molar-refractivity contribution in [2.75, 3.05) is 24.5 Å². The van der Waals surface area contributed by atoms with Crippen LogP contribution in [0, 0.1) is 5.92 Å². The van der Waals surface area contributed by atoms with E-state index in [4.69, 9.17) is 16.3 Å². The minimum absolute atomic E-state index is 0.0999. The zero-order chi connectivity index (χ0) is 25.9. The standard InChI is InChI=1S/C23H21ClF3N5O4/c24-15-1-2-16(28-11-15)13-36-17-6-8-32(20(33)9-17)18-3-4-19(30-21(18)34)31-7-5-14(12-31)10-29-22(35)23(25,26)27/h1-4,6,8-9,11,14H,5,7,10,12-13H2,(H,29,35)(H,30,34)/t14-/m1/s1. The van der Waals surface area contributed by atoms with Crippen LogP contribution in [0.2, 0.25) is 5.02 Å². The molecule has 0 bridgehead atoms. The van der Waals surface area contributed by atoms with Crippen molar-refractivity contribution in [2.24, 2.45) is 5.92 Å². The molecule has 0 aromatic carbocycles. The van der Waals surface area contributed by atoms with E-state index in [2.05, 4.69) is 9.97 Å². The second kappa shape index (κ2) is 10.4. The van der Waals surface area contributed by atoms with E-state index in [-0.39, 0.29) is 24.8 Å². The van der Waals surface area contributed by atoms with Gasteiger partial charge in [0.05, 0.1) is 10.7 Å². The van der Waals surface area contributed by atoms with E-state index < -0.39 is 23.2 Å². The van der Waals surface area contributed by atoms with Crippen LogP contribution in [0.3, 0.4) is 0 Å². The summed E-state index contributed by atoms with van der Waals surface area (Å²) < 4.78 is 43.8. The van der Waals surface area contributed by atoms with Crippen LogP contribution in [-0.2, 0) is 11.4 Å². The third kappa shape index (κ3) is 6.06. The summed E-state index contributed by atoms with van der Waals surface area (Å²) in [4.78, 5) is 44.9. The number of anilines is 1. The minimum atomic E-state index is -4.92. The average Bonchev–Trinajstić information content (AvgIpc) is 3.31. The molecule has 2 N–H and O–H groups in total. The summed E-state index contributed by atoms with van der Waals surface area (Å²) in [6.07, 6.45) is -1.46. The van der Waals surface area contributed by atoms with Gasteiger partial charge in [-0.1, -0.05) is 11.6 Å². The summed E-state index contributed by atoms with van der Waals surface area (Å²) in [5.41, 5.74) is -0.260. The number of nitrogens with one attached hydrogen (secondary N) is 2. The van der Waals surface area contributed by atoms with Gasteiger partial charge < -0.3 is 19.9 Å². The molecule has 3 aromatic rings. The molecule has 1 atom stereocenters. The van der Waals surface area contributed by atoms with Crippen molar-refractivity contribution in [1.82, 2.24) is 19.9 Å². The second-order valence-corrected chi connectivity index (χ2v) is 8.63. The smallest absolute Gasteiger partial charge is 0.471 e. The maximum Gasteiger partial charge on any atom is 0.471 e. The summed E-state index contributed by atoms with van der Waals surface area (Å²) in [6.45, 7) is 0.875. The predicted molar refractivity (Wildman–Crippen MR) is 126 cm³/mol. The first-order valence-corrected chi connectivity index (χ1v) is 11.3. The van der Waals surface area contributed by atoms with Crippen molar-refractivity contribution in [1.29, 1.82) is 0 Å². The lowest BCUT2D eigenvalue weighted by molar-refractivity contribution is -0.173. The maximum atomic E-state index is 12.7. The number of amides is 1. The Hall–Kier alpha value is -3.80. The molecule has 4 heterocycles. The van der Waals surface area contributed by atoms with Gasteiger partial charge in [0.2, 0.25) is 0 Å². The lowest BCUT2D eigenvalue weighted by Crippen LogP contribution is -2.39. The van der Waals surface area contributed by atoms with Crippen molar-refractivity contribution in [3.8, 4) is 11.4 Å². The first kappa shape index (κ1) is 25.3. The highest BCUT2D eigenvalue weighted by atomic mass is 35.5.